The Hall–Kier alpha value is -1.79. The van der Waals surface area contributed by atoms with Crippen LogP contribution in [-0.2, 0) is 4.74 Å². The Labute approximate surface area is 95.3 Å². The fourth-order valence-electron chi connectivity index (χ4n) is 1.37. The fraction of sp³-hybridized carbons (Fsp3) is 0.500. The fourth-order valence-corrected chi connectivity index (χ4v) is 2.17. The first-order valence-electron chi connectivity index (χ1n) is 4.62. The average molecular weight is 239 g/mol. The number of azide groups is 1. The van der Waals surface area contributed by atoms with E-state index in [2.05, 4.69) is 15.0 Å². The van der Waals surface area contributed by atoms with Crippen LogP contribution in [0.25, 0.3) is 10.4 Å². The number of aryl methyl sites for hydroxylation is 1. The summed E-state index contributed by atoms with van der Waals surface area (Å²) in [5.41, 5.74) is 9.04. The Kier molecular flexibility index (Phi) is 2.93. The van der Waals surface area contributed by atoms with Crippen LogP contribution in [-0.4, -0.2) is 30.3 Å². The number of nitrogens with zero attached hydrogens (tertiary/aromatic N) is 5. The molecule has 0 aromatic carbocycles. The van der Waals surface area contributed by atoms with Crippen molar-refractivity contribution >= 4 is 22.6 Å². The van der Waals surface area contributed by atoms with Gasteiger partial charge in [-0.15, -0.1) is 11.3 Å². The third-order valence-corrected chi connectivity index (χ3v) is 3.04. The van der Waals surface area contributed by atoms with Gasteiger partial charge in [-0.3, -0.25) is 0 Å². The lowest BCUT2D eigenvalue weighted by Gasteiger charge is -2.07. The van der Waals surface area contributed by atoms with Crippen LogP contribution in [0.3, 0.4) is 0 Å². The van der Waals surface area contributed by atoms with Crippen molar-refractivity contribution in [2.75, 3.05) is 18.0 Å². The Morgan fingerprint density at radius 1 is 1.88 bits per heavy atom. The standard InChI is InChI=1S/C8H9N5O2S/c1-5-4-16-7(11-5)13-3-6(2-10-12-9)15-8(13)14/h4,6H,2-3H2,1H3. The van der Waals surface area contributed by atoms with Gasteiger partial charge >= 0.3 is 6.09 Å². The zero-order valence-corrected chi connectivity index (χ0v) is 9.35. The summed E-state index contributed by atoms with van der Waals surface area (Å²) in [7, 11) is 0. The van der Waals surface area contributed by atoms with Gasteiger partial charge in [0.15, 0.2) is 5.13 Å². The second-order valence-corrected chi connectivity index (χ2v) is 4.14. The maximum absolute atomic E-state index is 11.5. The zero-order valence-electron chi connectivity index (χ0n) is 8.53. The number of carbonyl (C=O) groups is 1. The smallest absolute Gasteiger partial charge is 0.416 e. The third kappa shape index (κ3) is 2.07. The highest BCUT2D eigenvalue weighted by atomic mass is 32.1. The monoisotopic (exact) mass is 239 g/mol. The Balaban J connectivity index is 2.07. The predicted octanol–water partition coefficient (Wildman–Crippen LogP) is 2.09. The number of aromatic nitrogens is 1. The molecule has 0 N–H and O–H groups in total. The SMILES string of the molecule is Cc1csc(N2CC(CN=[N+]=[N-])OC2=O)n1. The van der Waals surface area contributed by atoms with E-state index >= 15 is 0 Å². The largest absolute Gasteiger partial charge is 0.444 e. The molecule has 0 aliphatic carbocycles. The highest BCUT2D eigenvalue weighted by Crippen LogP contribution is 2.25. The van der Waals surface area contributed by atoms with Crippen LogP contribution >= 0.6 is 11.3 Å². The van der Waals surface area contributed by atoms with Crippen molar-refractivity contribution in [2.45, 2.75) is 13.0 Å². The number of hydrogen-bond donors (Lipinski definition) is 0. The average Bonchev–Trinajstić information content (AvgIpc) is 2.82. The second-order valence-electron chi connectivity index (χ2n) is 3.30. The van der Waals surface area contributed by atoms with Crippen LogP contribution in [0.5, 0.6) is 0 Å². The van der Waals surface area contributed by atoms with Crippen molar-refractivity contribution in [1.29, 1.82) is 0 Å². The summed E-state index contributed by atoms with van der Waals surface area (Å²) in [6.07, 6.45) is -0.819. The van der Waals surface area contributed by atoms with E-state index in [-0.39, 0.29) is 12.6 Å². The van der Waals surface area contributed by atoms with E-state index < -0.39 is 6.09 Å². The summed E-state index contributed by atoms with van der Waals surface area (Å²) >= 11 is 1.39. The van der Waals surface area contributed by atoms with Crippen LogP contribution in [0.4, 0.5) is 9.93 Å². The van der Waals surface area contributed by atoms with Gasteiger partial charge in [0.25, 0.3) is 0 Å². The van der Waals surface area contributed by atoms with Crippen LogP contribution in [0.1, 0.15) is 5.69 Å². The maximum atomic E-state index is 11.5. The molecule has 0 spiro atoms. The van der Waals surface area contributed by atoms with Crippen LogP contribution in [0, 0.1) is 6.92 Å². The quantitative estimate of drug-likeness (QED) is 0.459. The van der Waals surface area contributed by atoms with Crippen molar-refractivity contribution in [2.24, 2.45) is 5.11 Å². The number of ether oxygens (including phenoxy) is 1. The molecule has 1 aliphatic heterocycles. The number of thiazole rings is 1. The molecule has 2 rings (SSSR count). The van der Waals surface area contributed by atoms with Gasteiger partial charge in [0.05, 0.1) is 18.8 Å². The van der Waals surface area contributed by atoms with Crippen molar-refractivity contribution < 1.29 is 9.53 Å². The topological polar surface area (TPSA) is 91.2 Å². The van der Waals surface area contributed by atoms with Crippen molar-refractivity contribution in [3.63, 3.8) is 0 Å². The number of anilines is 1. The number of hydrogen-bond acceptors (Lipinski definition) is 5. The molecule has 0 radical (unpaired) electrons. The Morgan fingerprint density at radius 3 is 3.31 bits per heavy atom. The van der Waals surface area contributed by atoms with Crippen LogP contribution in [0.2, 0.25) is 0 Å². The predicted molar refractivity (Wildman–Crippen MR) is 58.5 cm³/mol. The molecule has 1 aliphatic rings. The summed E-state index contributed by atoms with van der Waals surface area (Å²) in [5.74, 6) is 0. The van der Waals surface area contributed by atoms with Gasteiger partial charge < -0.3 is 4.74 Å². The molecular weight excluding hydrogens is 230 g/mol. The van der Waals surface area contributed by atoms with Gasteiger partial charge in [-0.2, -0.15) is 0 Å². The Bertz CT molecular complexity index is 453. The summed E-state index contributed by atoms with van der Waals surface area (Å²) in [6.45, 7) is 2.40. The van der Waals surface area contributed by atoms with E-state index in [1.54, 1.807) is 0 Å². The van der Waals surface area contributed by atoms with Gasteiger partial charge in [0.1, 0.15) is 6.10 Å². The van der Waals surface area contributed by atoms with Crippen LogP contribution in [0.15, 0.2) is 10.5 Å². The minimum Gasteiger partial charge on any atom is -0.444 e. The highest BCUT2D eigenvalue weighted by molar-refractivity contribution is 7.14. The number of rotatable bonds is 3. The molecule has 1 atom stereocenters. The number of amides is 1. The molecule has 16 heavy (non-hydrogen) atoms. The van der Waals surface area contributed by atoms with E-state index in [9.17, 15) is 4.79 Å². The zero-order chi connectivity index (χ0) is 11.5. The molecule has 1 saturated heterocycles. The number of cyclic esters (lactones) is 1. The molecule has 8 heteroatoms. The lowest BCUT2D eigenvalue weighted by Crippen LogP contribution is -2.24. The number of carbonyl (C=O) groups excluding carboxylic acids is 1. The maximum Gasteiger partial charge on any atom is 0.416 e. The van der Waals surface area contributed by atoms with E-state index in [0.29, 0.717) is 11.7 Å². The minimum absolute atomic E-state index is 0.156. The summed E-state index contributed by atoms with van der Waals surface area (Å²) in [6, 6.07) is 0. The molecule has 84 valence electrons. The van der Waals surface area contributed by atoms with Gasteiger partial charge in [0.2, 0.25) is 0 Å². The van der Waals surface area contributed by atoms with Crippen molar-refractivity contribution in [3.8, 4) is 0 Å². The van der Waals surface area contributed by atoms with Gasteiger partial charge in [-0.05, 0) is 12.5 Å². The van der Waals surface area contributed by atoms with Crippen LogP contribution < -0.4 is 4.90 Å². The first kappa shape index (κ1) is 10.7. The van der Waals surface area contributed by atoms with Gasteiger partial charge in [-0.25, -0.2) is 14.7 Å². The molecule has 1 unspecified atom stereocenters. The molecule has 2 heterocycles. The minimum atomic E-state index is -0.438. The van der Waals surface area contributed by atoms with E-state index in [4.69, 9.17) is 10.3 Å². The summed E-state index contributed by atoms with van der Waals surface area (Å²) in [5, 5.41) is 5.86. The molecule has 1 aromatic rings. The lowest BCUT2D eigenvalue weighted by molar-refractivity contribution is 0.145. The summed E-state index contributed by atoms with van der Waals surface area (Å²) < 4.78 is 5.03. The van der Waals surface area contributed by atoms with E-state index in [1.807, 2.05) is 12.3 Å². The van der Waals surface area contributed by atoms with E-state index in [1.165, 1.54) is 16.2 Å². The lowest BCUT2D eigenvalue weighted by atomic mass is 10.3. The first-order valence-corrected chi connectivity index (χ1v) is 5.50. The van der Waals surface area contributed by atoms with Crippen molar-refractivity contribution in [1.82, 2.24) is 4.98 Å². The van der Waals surface area contributed by atoms with Crippen molar-refractivity contribution in [3.05, 3.63) is 21.5 Å². The van der Waals surface area contributed by atoms with Gasteiger partial charge in [0, 0.05) is 10.3 Å². The molecule has 1 amide bonds. The highest BCUT2D eigenvalue weighted by Gasteiger charge is 2.33. The Morgan fingerprint density at radius 2 is 2.69 bits per heavy atom. The van der Waals surface area contributed by atoms with Gasteiger partial charge in [-0.1, -0.05) is 5.11 Å². The molecule has 0 bridgehead atoms. The second kappa shape index (κ2) is 4.38. The van der Waals surface area contributed by atoms with E-state index in [0.717, 1.165) is 5.69 Å². The molecule has 0 saturated carbocycles. The molecule has 7 nitrogen and oxygen atoms in total. The first-order chi connectivity index (χ1) is 7.70. The normalized spacial score (nSPS) is 19.4. The third-order valence-electron chi connectivity index (χ3n) is 2.06. The molecular formula is C8H9N5O2S. The molecule has 1 aromatic heterocycles. The summed E-state index contributed by atoms with van der Waals surface area (Å²) in [4.78, 5) is 19.8. The molecule has 1 fully saturated rings.